The standard InChI is InChI=1S/C20H22N2O2/c1-14-8-3-5-10-16(14)20(24)22-13-7-12-18(22)19(23)21-17-11-6-4-9-15(17)2/h3-6,8-11,18H,7,12-13H2,1-2H3,(H,21,23). The zero-order valence-electron chi connectivity index (χ0n) is 14.1. The number of carbonyl (C=O) groups is 2. The summed E-state index contributed by atoms with van der Waals surface area (Å²) in [5.41, 5.74) is 3.43. The summed E-state index contributed by atoms with van der Waals surface area (Å²) in [6.07, 6.45) is 1.55. The third kappa shape index (κ3) is 3.18. The highest BCUT2D eigenvalue weighted by Crippen LogP contribution is 2.23. The highest BCUT2D eigenvalue weighted by molar-refractivity contribution is 6.02. The van der Waals surface area contributed by atoms with Gasteiger partial charge in [-0.15, -0.1) is 0 Å². The molecule has 1 saturated heterocycles. The zero-order chi connectivity index (χ0) is 17.1. The largest absolute Gasteiger partial charge is 0.327 e. The number of rotatable bonds is 3. The van der Waals surface area contributed by atoms with E-state index in [1.54, 1.807) is 4.90 Å². The number of likely N-dealkylation sites (tertiary alicyclic amines) is 1. The second-order valence-corrected chi connectivity index (χ2v) is 6.28. The van der Waals surface area contributed by atoms with Crippen LogP contribution in [0.15, 0.2) is 48.5 Å². The molecule has 1 aliphatic rings. The van der Waals surface area contributed by atoms with E-state index in [0.717, 1.165) is 23.2 Å². The molecule has 2 aromatic rings. The van der Waals surface area contributed by atoms with Gasteiger partial charge in [0.2, 0.25) is 5.91 Å². The summed E-state index contributed by atoms with van der Waals surface area (Å²) < 4.78 is 0. The average molecular weight is 322 g/mol. The van der Waals surface area contributed by atoms with Crippen molar-refractivity contribution in [3.8, 4) is 0 Å². The first-order valence-electron chi connectivity index (χ1n) is 8.31. The Kier molecular flexibility index (Phi) is 4.65. The number of nitrogens with zero attached hydrogens (tertiary/aromatic N) is 1. The molecule has 1 atom stereocenters. The molecule has 4 heteroatoms. The first-order chi connectivity index (χ1) is 11.6. The number of anilines is 1. The summed E-state index contributed by atoms with van der Waals surface area (Å²) in [6, 6.07) is 14.8. The molecule has 0 aromatic heterocycles. The van der Waals surface area contributed by atoms with Crippen molar-refractivity contribution in [3.63, 3.8) is 0 Å². The van der Waals surface area contributed by atoms with E-state index >= 15 is 0 Å². The van der Waals surface area contributed by atoms with Crippen LogP contribution in [0, 0.1) is 13.8 Å². The molecule has 2 aromatic carbocycles. The topological polar surface area (TPSA) is 49.4 Å². The quantitative estimate of drug-likeness (QED) is 0.939. The van der Waals surface area contributed by atoms with Gasteiger partial charge in [-0.05, 0) is 49.9 Å². The second kappa shape index (κ2) is 6.87. The fourth-order valence-corrected chi connectivity index (χ4v) is 3.18. The van der Waals surface area contributed by atoms with Crippen molar-refractivity contribution >= 4 is 17.5 Å². The Balaban J connectivity index is 1.78. The van der Waals surface area contributed by atoms with Gasteiger partial charge in [0.05, 0.1) is 0 Å². The summed E-state index contributed by atoms with van der Waals surface area (Å²) in [5, 5.41) is 2.97. The third-order valence-corrected chi connectivity index (χ3v) is 4.59. The van der Waals surface area contributed by atoms with Gasteiger partial charge in [-0.3, -0.25) is 9.59 Å². The lowest BCUT2D eigenvalue weighted by Crippen LogP contribution is -2.43. The van der Waals surface area contributed by atoms with Crippen molar-refractivity contribution in [3.05, 3.63) is 65.2 Å². The number of carbonyl (C=O) groups excluding carboxylic acids is 2. The van der Waals surface area contributed by atoms with Crippen LogP contribution in [0.5, 0.6) is 0 Å². The maximum atomic E-state index is 12.8. The Morgan fingerprint density at radius 2 is 1.67 bits per heavy atom. The summed E-state index contributed by atoms with van der Waals surface area (Å²) in [4.78, 5) is 27.2. The van der Waals surface area contributed by atoms with Crippen LogP contribution in [0.25, 0.3) is 0 Å². The number of aryl methyl sites for hydroxylation is 2. The Bertz CT molecular complexity index is 770. The molecule has 1 N–H and O–H groups in total. The van der Waals surface area contributed by atoms with E-state index in [9.17, 15) is 9.59 Å². The normalized spacial score (nSPS) is 16.9. The van der Waals surface area contributed by atoms with E-state index in [1.807, 2.05) is 62.4 Å². The average Bonchev–Trinajstić information content (AvgIpc) is 3.06. The molecule has 0 spiro atoms. The fraction of sp³-hybridized carbons (Fsp3) is 0.300. The van der Waals surface area contributed by atoms with Gasteiger partial charge in [0, 0.05) is 17.8 Å². The van der Waals surface area contributed by atoms with Crippen LogP contribution in [0.1, 0.15) is 34.3 Å². The lowest BCUT2D eigenvalue weighted by Gasteiger charge is -2.25. The van der Waals surface area contributed by atoms with Gasteiger partial charge in [0.25, 0.3) is 5.91 Å². The predicted molar refractivity (Wildman–Crippen MR) is 95.0 cm³/mol. The predicted octanol–water partition coefficient (Wildman–Crippen LogP) is 3.55. The number of amides is 2. The Morgan fingerprint density at radius 1 is 1.00 bits per heavy atom. The van der Waals surface area contributed by atoms with Gasteiger partial charge in [-0.25, -0.2) is 0 Å². The highest BCUT2D eigenvalue weighted by Gasteiger charge is 2.35. The van der Waals surface area contributed by atoms with E-state index in [0.29, 0.717) is 18.5 Å². The number of hydrogen-bond donors (Lipinski definition) is 1. The number of hydrogen-bond acceptors (Lipinski definition) is 2. The van der Waals surface area contributed by atoms with Crippen molar-refractivity contribution in [2.75, 3.05) is 11.9 Å². The van der Waals surface area contributed by atoms with Crippen LogP contribution < -0.4 is 5.32 Å². The molecule has 2 amide bonds. The van der Waals surface area contributed by atoms with Gasteiger partial charge in [0.1, 0.15) is 6.04 Å². The summed E-state index contributed by atoms with van der Waals surface area (Å²) in [7, 11) is 0. The van der Waals surface area contributed by atoms with Crippen LogP contribution in [0.4, 0.5) is 5.69 Å². The van der Waals surface area contributed by atoms with E-state index in [1.165, 1.54) is 0 Å². The van der Waals surface area contributed by atoms with Crippen LogP contribution in [-0.4, -0.2) is 29.3 Å². The van der Waals surface area contributed by atoms with E-state index in [-0.39, 0.29) is 11.8 Å². The SMILES string of the molecule is Cc1ccccc1NC(=O)C1CCCN1C(=O)c1ccccc1C. The highest BCUT2D eigenvalue weighted by atomic mass is 16.2. The molecule has 4 nitrogen and oxygen atoms in total. The maximum absolute atomic E-state index is 12.8. The first-order valence-corrected chi connectivity index (χ1v) is 8.31. The van der Waals surface area contributed by atoms with E-state index in [4.69, 9.17) is 0 Å². The van der Waals surface area contributed by atoms with Gasteiger partial charge in [-0.1, -0.05) is 36.4 Å². The van der Waals surface area contributed by atoms with Crippen LogP contribution >= 0.6 is 0 Å². The minimum absolute atomic E-state index is 0.0597. The van der Waals surface area contributed by atoms with Crippen molar-refractivity contribution in [1.82, 2.24) is 4.90 Å². The second-order valence-electron chi connectivity index (χ2n) is 6.28. The van der Waals surface area contributed by atoms with E-state index < -0.39 is 6.04 Å². The van der Waals surface area contributed by atoms with Crippen molar-refractivity contribution in [2.45, 2.75) is 32.7 Å². The molecular weight excluding hydrogens is 300 g/mol. The van der Waals surface area contributed by atoms with Crippen molar-refractivity contribution in [1.29, 1.82) is 0 Å². The van der Waals surface area contributed by atoms with Gasteiger partial charge >= 0.3 is 0 Å². The van der Waals surface area contributed by atoms with E-state index in [2.05, 4.69) is 5.32 Å². The minimum Gasteiger partial charge on any atom is -0.327 e. The number of nitrogens with one attached hydrogen (secondary N) is 1. The molecule has 0 radical (unpaired) electrons. The summed E-state index contributed by atoms with van der Waals surface area (Å²) >= 11 is 0. The third-order valence-electron chi connectivity index (χ3n) is 4.59. The molecule has 1 heterocycles. The van der Waals surface area contributed by atoms with Crippen LogP contribution in [0.3, 0.4) is 0 Å². The van der Waals surface area contributed by atoms with Crippen molar-refractivity contribution < 1.29 is 9.59 Å². The fourth-order valence-electron chi connectivity index (χ4n) is 3.18. The lowest BCUT2D eigenvalue weighted by molar-refractivity contribution is -0.119. The summed E-state index contributed by atoms with van der Waals surface area (Å²) in [6.45, 7) is 4.51. The molecule has 1 unspecified atom stereocenters. The molecule has 0 saturated carbocycles. The molecule has 3 rings (SSSR count). The molecular formula is C20H22N2O2. The smallest absolute Gasteiger partial charge is 0.254 e. The minimum atomic E-state index is -0.406. The molecule has 0 aliphatic carbocycles. The van der Waals surface area contributed by atoms with Crippen molar-refractivity contribution in [2.24, 2.45) is 0 Å². The molecule has 24 heavy (non-hydrogen) atoms. The molecule has 124 valence electrons. The lowest BCUT2D eigenvalue weighted by atomic mass is 10.1. The molecule has 0 bridgehead atoms. The molecule has 1 fully saturated rings. The Labute approximate surface area is 142 Å². The summed E-state index contributed by atoms with van der Waals surface area (Å²) in [5.74, 6) is -0.167. The first kappa shape index (κ1) is 16.2. The number of para-hydroxylation sites is 1. The maximum Gasteiger partial charge on any atom is 0.254 e. The van der Waals surface area contributed by atoms with Crippen LogP contribution in [-0.2, 0) is 4.79 Å². The van der Waals surface area contributed by atoms with Gasteiger partial charge in [-0.2, -0.15) is 0 Å². The monoisotopic (exact) mass is 322 g/mol. The Morgan fingerprint density at radius 3 is 2.38 bits per heavy atom. The Hall–Kier alpha value is -2.62. The number of benzene rings is 2. The van der Waals surface area contributed by atoms with Gasteiger partial charge < -0.3 is 10.2 Å². The zero-order valence-corrected chi connectivity index (χ0v) is 14.1. The molecule has 1 aliphatic heterocycles. The van der Waals surface area contributed by atoms with Crippen LogP contribution in [0.2, 0.25) is 0 Å². The van der Waals surface area contributed by atoms with Gasteiger partial charge in [0.15, 0.2) is 0 Å².